The Labute approximate surface area is 147 Å². The highest BCUT2D eigenvalue weighted by molar-refractivity contribution is 7.89. The summed E-state index contributed by atoms with van der Waals surface area (Å²) in [5.74, 6) is 0. The van der Waals surface area contributed by atoms with Crippen LogP contribution < -0.4 is 0 Å². The van der Waals surface area contributed by atoms with E-state index >= 15 is 0 Å². The lowest BCUT2D eigenvalue weighted by Crippen LogP contribution is -2.47. The van der Waals surface area contributed by atoms with Crippen LogP contribution in [0.25, 0.3) is 11.3 Å². The smallest absolute Gasteiger partial charge is 0.260 e. The summed E-state index contributed by atoms with van der Waals surface area (Å²) < 4.78 is 27.6. The molecule has 0 saturated carbocycles. The third-order valence-corrected chi connectivity index (χ3v) is 6.89. The van der Waals surface area contributed by atoms with E-state index in [9.17, 15) is 8.42 Å². The van der Waals surface area contributed by atoms with Gasteiger partial charge in [0, 0.05) is 30.7 Å². The molecule has 0 spiro atoms. The summed E-state index contributed by atoms with van der Waals surface area (Å²) in [6.45, 7) is 1.31. The van der Waals surface area contributed by atoms with Crippen molar-refractivity contribution in [1.82, 2.24) is 14.2 Å². The van der Waals surface area contributed by atoms with Crippen LogP contribution in [0.1, 0.15) is 12.0 Å². The molecular formula is C18H18N4O2S. The lowest BCUT2D eigenvalue weighted by molar-refractivity contribution is 0.216. The average Bonchev–Trinajstić information content (AvgIpc) is 3.22. The molecule has 128 valence electrons. The molecule has 6 nitrogen and oxygen atoms in total. The van der Waals surface area contributed by atoms with Crippen LogP contribution in [0.3, 0.4) is 0 Å². The predicted molar refractivity (Wildman–Crippen MR) is 93.1 cm³/mol. The van der Waals surface area contributed by atoms with Crippen LogP contribution in [0.15, 0.2) is 47.5 Å². The maximum Gasteiger partial charge on any atom is 0.260 e. The van der Waals surface area contributed by atoms with Gasteiger partial charge in [-0.05, 0) is 37.7 Å². The fourth-order valence-electron chi connectivity index (χ4n) is 3.68. The number of benzene rings is 1. The summed E-state index contributed by atoms with van der Waals surface area (Å²) >= 11 is 0. The van der Waals surface area contributed by atoms with Gasteiger partial charge in [-0.25, -0.2) is 13.4 Å². The van der Waals surface area contributed by atoms with Crippen LogP contribution in [0, 0.1) is 11.3 Å². The normalized spacial score (nSPS) is 23.7. The summed E-state index contributed by atoms with van der Waals surface area (Å²) in [6.07, 6.45) is 0.894. The van der Waals surface area contributed by atoms with Crippen molar-refractivity contribution < 1.29 is 8.42 Å². The molecule has 0 N–H and O–H groups in total. The minimum Gasteiger partial charge on any atom is -0.300 e. The molecule has 2 aromatic rings. The number of hydrogen-bond donors (Lipinski definition) is 0. The molecule has 1 aromatic heterocycles. The first-order chi connectivity index (χ1) is 12.0. The molecule has 0 amide bonds. The fraction of sp³-hybridized carbons (Fsp3) is 0.333. The van der Waals surface area contributed by atoms with E-state index in [4.69, 9.17) is 5.26 Å². The van der Waals surface area contributed by atoms with Gasteiger partial charge in [0.05, 0.1) is 17.3 Å². The molecule has 0 radical (unpaired) electrons. The first kappa shape index (κ1) is 16.2. The summed E-state index contributed by atoms with van der Waals surface area (Å²) in [5, 5.41) is 8.98. The number of piperazine rings is 1. The van der Waals surface area contributed by atoms with Gasteiger partial charge < -0.3 is 4.90 Å². The summed E-state index contributed by atoms with van der Waals surface area (Å²) in [6, 6.07) is 14.4. The molecule has 2 bridgehead atoms. The first-order valence-electron chi connectivity index (χ1n) is 8.19. The zero-order valence-electron chi connectivity index (χ0n) is 13.8. The molecule has 3 heterocycles. The Morgan fingerprint density at radius 1 is 1.12 bits per heavy atom. The van der Waals surface area contributed by atoms with E-state index in [0.717, 1.165) is 18.5 Å². The Morgan fingerprint density at radius 3 is 2.48 bits per heavy atom. The molecule has 0 unspecified atom stereocenters. The van der Waals surface area contributed by atoms with Crippen molar-refractivity contribution in [3.8, 4) is 17.3 Å². The van der Waals surface area contributed by atoms with Crippen molar-refractivity contribution in [1.29, 1.82) is 5.26 Å². The largest absolute Gasteiger partial charge is 0.300 e. The van der Waals surface area contributed by atoms with Crippen LogP contribution in [0.5, 0.6) is 0 Å². The standard InChI is InChI=1S/C18H18N4O2S/c1-21-11-16-9-15(21)12-22(16)25(23,24)18-4-2-3-17(20-18)14-7-5-13(10-19)6-8-14/h2-8,15-16H,9,11-12H2,1H3/t15-,16-/m0/s1. The highest BCUT2D eigenvalue weighted by Gasteiger charge is 2.47. The van der Waals surface area contributed by atoms with Gasteiger partial charge in [-0.1, -0.05) is 18.2 Å². The molecule has 25 heavy (non-hydrogen) atoms. The van der Waals surface area contributed by atoms with Crippen molar-refractivity contribution in [2.75, 3.05) is 20.1 Å². The van der Waals surface area contributed by atoms with Gasteiger partial charge in [-0.3, -0.25) is 0 Å². The molecule has 2 aliphatic rings. The number of fused-ring (bicyclic) bond motifs is 2. The number of rotatable bonds is 3. The molecule has 7 heteroatoms. The number of aromatic nitrogens is 1. The van der Waals surface area contributed by atoms with E-state index in [1.807, 2.05) is 7.05 Å². The van der Waals surface area contributed by atoms with E-state index in [1.54, 1.807) is 46.8 Å². The number of nitrogens with zero attached hydrogens (tertiary/aromatic N) is 4. The molecule has 2 aliphatic heterocycles. The Hall–Kier alpha value is -2.27. The van der Waals surface area contributed by atoms with E-state index in [0.29, 0.717) is 23.8 Å². The second-order valence-corrected chi connectivity index (χ2v) is 8.45. The Bertz CT molecular complexity index is 948. The number of pyridine rings is 1. The lowest BCUT2D eigenvalue weighted by Gasteiger charge is -2.30. The average molecular weight is 354 g/mol. The first-order valence-corrected chi connectivity index (χ1v) is 9.63. The van der Waals surface area contributed by atoms with Crippen molar-refractivity contribution in [2.45, 2.75) is 23.5 Å². The van der Waals surface area contributed by atoms with Crippen LogP contribution in [-0.4, -0.2) is 54.8 Å². The summed E-state index contributed by atoms with van der Waals surface area (Å²) in [5.41, 5.74) is 1.94. The van der Waals surface area contributed by atoms with Crippen LogP contribution in [-0.2, 0) is 10.0 Å². The quantitative estimate of drug-likeness (QED) is 0.838. The second-order valence-electron chi connectivity index (χ2n) is 6.61. The predicted octanol–water partition coefficient (Wildman–Crippen LogP) is 1.70. The van der Waals surface area contributed by atoms with E-state index in [2.05, 4.69) is 16.0 Å². The SMILES string of the molecule is CN1C[C@@H]2C[C@H]1CN2S(=O)(=O)c1cccc(-c2ccc(C#N)cc2)n1. The molecule has 0 aliphatic carbocycles. The van der Waals surface area contributed by atoms with Gasteiger partial charge in [0.15, 0.2) is 5.03 Å². The number of sulfonamides is 1. The van der Waals surface area contributed by atoms with Gasteiger partial charge in [0.25, 0.3) is 10.0 Å². The van der Waals surface area contributed by atoms with Gasteiger partial charge >= 0.3 is 0 Å². The lowest BCUT2D eigenvalue weighted by atomic mass is 10.1. The second kappa shape index (κ2) is 5.92. The van der Waals surface area contributed by atoms with Gasteiger partial charge in [-0.15, -0.1) is 0 Å². The third kappa shape index (κ3) is 2.72. The number of likely N-dealkylation sites (N-methyl/N-ethyl adjacent to an activating group) is 1. The van der Waals surface area contributed by atoms with Gasteiger partial charge in [0.2, 0.25) is 0 Å². The van der Waals surface area contributed by atoms with E-state index in [1.165, 1.54) is 0 Å². The zero-order valence-corrected chi connectivity index (χ0v) is 14.6. The molecule has 2 atom stereocenters. The highest BCUT2D eigenvalue weighted by atomic mass is 32.2. The molecular weight excluding hydrogens is 336 g/mol. The van der Waals surface area contributed by atoms with Crippen LogP contribution >= 0.6 is 0 Å². The maximum absolute atomic E-state index is 13.0. The molecule has 2 fully saturated rings. The van der Waals surface area contributed by atoms with E-state index < -0.39 is 10.0 Å². The van der Waals surface area contributed by atoms with Crippen molar-refractivity contribution >= 4 is 10.0 Å². The Morgan fingerprint density at radius 2 is 1.88 bits per heavy atom. The minimum atomic E-state index is -3.59. The number of likely N-dealkylation sites (tertiary alicyclic amines) is 1. The summed E-state index contributed by atoms with van der Waals surface area (Å²) in [7, 11) is -1.55. The van der Waals surface area contributed by atoms with Crippen molar-refractivity contribution in [3.63, 3.8) is 0 Å². The third-order valence-electron chi connectivity index (χ3n) is 5.07. The fourth-order valence-corrected chi connectivity index (χ4v) is 5.30. The van der Waals surface area contributed by atoms with Crippen LogP contribution in [0.2, 0.25) is 0 Å². The zero-order chi connectivity index (χ0) is 17.6. The molecule has 2 saturated heterocycles. The molecule has 1 aromatic carbocycles. The summed E-state index contributed by atoms with van der Waals surface area (Å²) in [4.78, 5) is 6.61. The van der Waals surface area contributed by atoms with Crippen molar-refractivity contribution in [3.05, 3.63) is 48.0 Å². The maximum atomic E-state index is 13.0. The number of nitriles is 1. The minimum absolute atomic E-state index is 0.0420. The Balaban J connectivity index is 1.66. The van der Waals surface area contributed by atoms with Gasteiger partial charge in [-0.2, -0.15) is 9.57 Å². The van der Waals surface area contributed by atoms with E-state index in [-0.39, 0.29) is 11.1 Å². The topological polar surface area (TPSA) is 77.3 Å². The Kier molecular flexibility index (Phi) is 3.84. The highest BCUT2D eigenvalue weighted by Crippen LogP contribution is 2.33. The van der Waals surface area contributed by atoms with Crippen molar-refractivity contribution in [2.24, 2.45) is 0 Å². The molecule has 4 rings (SSSR count). The van der Waals surface area contributed by atoms with Gasteiger partial charge in [0.1, 0.15) is 0 Å². The monoisotopic (exact) mass is 354 g/mol. The number of hydrogen-bond acceptors (Lipinski definition) is 5. The van der Waals surface area contributed by atoms with Crippen LogP contribution in [0.4, 0.5) is 0 Å².